The second kappa shape index (κ2) is 5.74. The second-order valence-corrected chi connectivity index (χ2v) is 4.65. The molecular weight excluding hydrogens is 333 g/mol. The van der Waals surface area contributed by atoms with Crippen LogP contribution in [-0.4, -0.2) is 15.8 Å². The van der Waals surface area contributed by atoms with E-state index in [2.05, 4.69) is 26.2 Å². The van der Waals surface area contributed by atoms with Gasteiger partial charge in [-0.1, -0.05) is 0 Å². The fourth-order valence-corrected chi connectivity index (χ4v) is 1.67. The van der Waals surface area contributed by atoms with Crippen molar-refractivity contribution in [3.63, 3.8) is 0 Å². The van der Waals surface area contributed by atoms with Crippen LogP contribution in [0.1, 0.15) is 10.5 Å². The van der Waals surface area contributed by atoms with Crippen molar-refractivity contribution in [2.45, 2.75) is 0 Å². The largest absolute Gasteiger partial charge is 0.321 e. The van der Waals surface area contributed by atoms with Crippen LogP contribution in [0.5, 0.6) is 0 Å². The van der Waals surface area contributed by atoms with Gasteiger partial charge < -0.3 is 5.32 Å². The van der Waals surface area contributed by atoms with Crippen molar-refractivity contribution >= 4 is 33.2 Å². The molecular formula is C12H7BrFN3O3. The molecule has 1 amide bonds. The number of nitrogens with one attached hydrogen (secondary N) is 1. The topological polar surface area (TPSA) is 85.1 Å². The maximum absolute atomic E-state index is 13.4. The molecule has 0 saturated carbocycles. The van der Waals surface area contributed by atoms with E-state index in [-0.39, 0.29) is 11.4 Å². The highest BCUT2D eigenvalue weighted by Crippen LogP contribution is 2.21. The molecule has 0 saturated heterocycles. The van der Waals surface area contributed by atoms with E-state index in [0.29, 0.717) is 0 Å². The number of aromatic nitrogens is 1. The van der Waals surface area contributed by atoms with Gasteiger partial charge in [0.1, 0.15) is 5.69 Å². The lowest BCUT2D eigenvalue weighted by molar-refractivity contribution is -0.387. The summed E-state index contributed by atoms with van der Waals surface area (Å²) in [6.45, 7) is 0. The van der Waals surface area contributed by atoms with Crippen LogP contribution < -0.4 is 5.32 Å². The zero-order chi connectivity index (χ0) is 14.7. The molecule has 1 aromatic carbocycles. The summed E-state index contributed by atoms with van der Waals surface area (Å²) >= 11 is 3.18. The molecule has 1 aromatic heterocycles. The van der Waals surface area contributed by atoms with Crippen LogP contribution in [0.15, 0.2) is 41.0 Å². The summed E-state index contributed by atoms with van der Waals surface area (Å²) in [6.07, 6.45) is 1.45. The molecule has 8 heteroatoms. The normalized spacial score (nSPS) is 10.1. The van der Waals surface area contributed by atoms with Crippen molar-refractivity contribution in [1.82, 2.24) is 4.98 Å². The molecule has 0 unspecified atom stereocenters. The van der Waals surface area contributed by atoms with E-state index >= 15 is 0 Å². The first-order chi connectivity index (χ1) is 9.47. The molecule has 2 aromatic rings. The van der Waals surface area contributed by atoms with Gasteiger partial charge in [-0.3, -0.25) is 14.9 Å². The van der Waals surface area contributed by atoms with Crippen LogP contribution in [0.2, 0.25) is 0 Å². The summed E-state index contributed by atoms with van der Waals surface area (Å²) in [5.41, 5.74) is -0.389. The Morgan fingerprint density at radius 2 is 2.10 bits per heavy atom. The number of anilines is 1. The lowest BCUT2D eigenvalue weighted by Gasteiger charge is -2.05. The van der Waals surface area contributed by atoms with Gasteiger partial charge in [0.05, 0.1) is 4.92 Å². The third-order valence-electron chi connectivity index (χ3n) is 2.36. The predicted octanol–water partition coefficient (Wildman–Crippen LogP) is 3.14. The molecule has 0 spiro atoms. The third kappa shape index (κ3) is 3.15. The van der Waals surface area contributed by atoms with Crippen LogP contribution in [0, 0.1) is 15.9 Å². The number of carbonyl (C=O) groups is 1. The summed E-state index contributed by atoms with van der Waals surface area (Å²) in [5, 5.41) is 12.9. The van der Waals surface area contributed by atoms with Crippen LogP contribution in [0.25, 0.3) is 0 Å². The van der Waals surface area contributed by atoms with Gasteiger partial charge in [-0.15, -0.1) is 0 Å². The van der Waals surface area contributed by atoms with Gasteiger partial charge in [-0.2, -0.15) is 4.39 Å². The van der Waals surface area contributed by atoms with E-state index in [1.165, 1.54) is 18.3 Å². The van der Waals surface area contributed by atoms with Gasteiger partial charge in [0.25, 0.3) is 5.91 Å². The molecule has 0 atom stereocenters. The monoisotopic (exact) mass is 339 g/mol. The number of nitro benzene ring substituents is 1. The van der Waals surface area contributed by atoms with Crippen LogP contribution in [0.4, 0.5) is 15.8 Å². The average Bonchev–Trinajstić information content (AvgIpc) is 2.39. The van der Waals surface area contributed by atoms with E-state index in [4.69, 9.17) is 0 Å². The smallest absolute Gasteiger partial charge is 0.304 e. The minimum Gasteiger partial charge on any atom is -0.321 e. The quantitative estimate of drug-likeness (QED) is 0.687. The molecule has 0 aliphatic heterocycles. The molecule has 6 nitrogen and oxygen atoms in total. The number of rotatable bonds is 3. The maximum atomic E-state index is 13.4. The van der Waals surface area contributed by atoms with E-state index in [0.717, 1.165) is 16.6 Å². The summed E-state index contributed by atoms with van der Waals surface area (Å²) in [7, 11) is 0. The Labute approximate surface area is 120 Å². The van der Waals surface area contributed by atoms with Gasteiger partial charge in [-0.25, -0.2) is 4.98 Å². The molecule has 102 valence electrons. The fourth-order valence-electron chi connectivity index (χ4n) is 1.44. The summed E-state index contributed by atoms with van der Waals surface area (Å²) in [6, 6.07) is 6.24. The molecule has 0 aliphatic rings. The summed E-state index contributed by atoms with van der Waals surface area (Å²) < 4.78 is 14.1. The lowest BCUT2D eigenvalue weighted by Crippen LogP contribution is -2.13. The highest BCUT2D eigenvalue weighted by molar-refractivity contribution is 9.10. The number of pyridine rings is 1. The van der Waals surface area contributed by atoms with E-state index in [1.54, 1.807) is 6.07 Å². The van der Waals surface area contributed by atoms with Crippen LogP contribution >= 0.6 is 15.9 Å². The third-order valence-corrected chi connectivity index (χ3v) is 2.83. The number of hydrogen-bond donors (Lipinski definition) is 1. The van der Waals surface area contributed by atoms with Gasteiger partial charge >= 0.3 is 5.69 Å². The zero-order valence-corrected chi connectivity index (χ0v) is 11.4. The Bertz CT molecular complexity index is 676. The molecule has 0 fully saturated rings. The SMILES string of the molecule is O=C(Nc1ccc([N+](=O)[O-])c(F)c1)c1ccc(Br)cn1. The predicted molar refractivity (Wildman–Crippen MR) is 72.9 cm³/mol. The minimum absolute atomic E-state index is 0.114. The molecule has 0 aliphatic carbocycles. The Morgan fingerprint density at radius 1 is 1.35 bits per heavy atom. The Kier molecular flexibility index (Phi) is 4.04. The minimum atomic E-state index is -1.02. The van der Waals surface area contributed by atoms with E-state index < -0.39 is 22.3 Å². The number of halogens is 2. The van der Waals surface area contributed by atoms with Crippen molar-refractivity contribution < 1.29 is 14.1 Å². The van der Waals surface area contributed by atoms with Crippen molar-refractivity contribution in [3.05, 3.63) is 62.6 Å². The Morgan fingerprint density at radius 3 is 2.65 bits per heavy atom. The highest BCUT2D eigenvalue weighted by atomic mass is 79.9. The van der Waals surface area contributed by atoms with Crippen molar-refractivity contribution in [2.75, 3.05) is 5.32 Å². The van der Waals surface area contributed by atoms with Gasteiger partial charge in [0.15, 0.2) is 0 Å². The second-order valence-electron chi connectivity index (χ2n) is 3.74. The van der Waals surface area contributed by atoms with Crippen molar-refractivity contribution in [2.24, 2.45) is 0 Å². The van der Waals surface area contributed by atoms with Gasteiger partial charge in [0.2, 0.25) is 5.82 Å². The van der Waals surface area contributed by atoms with Crippen molar-refractivity contribution in [1.29, 1.82) is 0 Å². The Hall–Kier alpha value is -2.35. The Balaban J connectivity index is 2.18. The summed E-state index contributed by atoms with van der Waals surface area (Å²) in [5.74, 6) is -1.55. The number of benzene rings is 1. The fraction of sp³-hybridized carbons (Fsp3) is 0. The van der Waals surface area contributed by atoms with Crippen LogP contribution in [-0.2, 0) is 0 Å². The molecule has 20 heavy (non-hydrogen) atoms. The van der Waals surface area contributed by atoms with Crippen LogP contribution in [0.3, 0.4) is 0 Å². The molecule has 1 heterocycles. The van der Waals surface area contributed by atoms with Gasteiger partial charge in [0, 0.05) is 28.5 Å². The van der Waals surface area contributed by atoms with E-state index in [9.17, 15) is 19.3 Å². The number of carbonyl (C=O) groups excluding carboxylic acids is 1. The summed E-state index contributed by atoms with van der Waals surface area (Å²) in [4.78, 5) is 25.3. The molecule has 0 bridgehead atoms. The molecule has 2 rings (SSSR count). The standard InChI is InChI=1S/C12H7BrFN3O3/c13-7-1-3-10(15-6-7)12(18)16-8-2-4-11(17(19)20)9(14)5-8/h1-6H,(H,16,18). The number of nitrogens with zero attached hydrogens (tertiary/aromatic N) is 2. The number of amides is 1. The van der Waals surface area contributed by atoms with E-state index in [1.807, 2.05) is 0 Å². The van der Waals surface area contributed by atoms with Gasteiger partial charge in [-0.05, 0) is 34.1 Å². The number of hydrogen-bond acceptors (Lipinski definition) is 4. The zero-order valence-electron chi connectivity index (χ0n) is 9.84. The maximum Gasteiger partial charge on any atom is 0.304 e. The first kappa shape index (κ1) is 14.1. The highest BCUT2D eigenvalue weighted by Gasteiger charge is 2.15. The lowest BCUT2D eigenvalue weighted by atomic mass is 10.2. The first-order valence-corrected chi connectivity index (χ1v) is 6.13. The number of nitro groups is 1. The first-order valence-electron chi connectivity index (χ1n) is 5.34. The molecule has 1 N–H and O–H groups in total. The van der Waals surface area contributed by atoms with Crippen molar-refractivity contribution in [3.8, 4) is 0 Å². The average molecular weight is 340 g/mol. The molecule has 0 radical (unpaired) electrons.